The van der Waals surface area contributed by atoms with E-state index in [0.717, 1.165) is 16.8 Å². The van der Waals surface area contributed by atoms with Crippen molar-refractivity contribution in [3.05, 3.63) is 63.2 Å². The van der Waals surface area contributed by atoms with Crippen LogP contribution in [0.2, 0.25) is 15.1 Å². The van der Waals surface area contributed by atoms with E-state index < -0.39 is 0 Å². The van der Waals surface area contributed by atoms with Crippen LogP contribution in [0.1, 0.15) is 5.56 Å². The predicted molar refractivity (Wildman–Crippen MR) is 87.1 cm³/mol. The Hall–Kier alpha value is -1.35. The van der Waals surface area contributed by atoms with Gasteiger partial charge in [0.15, 0.2) is 0 Å². The minimum absolute atomic E-state index is 0.452. The van der Waals surface area contributed by atoms with Crippen molar-refractivity contribution in [2.45, 2.75) is 6.54 Å². The molecule has 0 aliphatic heterocycles. The smallest absolute Gasteiger partial charge is 0.0653 e. The van der Waals surface area contributed by atoms with Gasteiger partial charge in [0.2, 0.25) is 0 Å². The van der Waals surface area contributed by atoms with Gasteiger partial charge < -0.3 is 10.3 Å². The van der Waals surface area contributed by atoms with E-state index in [9.17, 15) is 0 Å². The van der Waals surface area contributed by atoms with Crippen LogP contribution in [0.15, 0.2) is 42.6 Å². The number of nitrogens with one attached hydrogen (secondary N) is 2. The third-order valence-corrected chi connectivity index (χ3v) is 4.19. The lowest BCUT2D eigenvalue weighted by molar-refractivity contribution is 1.16. The monoisotopic (exact) mass is 324 g/mol. The van der Waals surface area contributed by atoms with E-state index in [0.29, 0.717) is 21.6 Å². The maximum atomic E-state index is 6.15. The van der Waals surface area contributed by atoms with Crippen molar-refractivity contribution < 1.29 is 0 Å². The van der Waals surface area contributed by atoms with Crippen LogP contribution in [-0.2, 0) is 6.54 Å². The second-order valence-corrected chi connectivity index (χ2v) is 5.68. The Bertz CT molecular complexity index is 765. The zero-order valence-corrected chi connectivity index (χ0v) is 12.7. The van der Waals surface area contributed by atoms with E-state index in [1.54, 1.807) is 12.1 Å². The van der Waals surface area contributed by atoms with Crippen molar-refractivity contribution in [1.29, 1.82) is 0 Å². The molecule has 0 unspecified atom stereocenters. The molecule has 1 heterocycles. The van der Waals surface area contributed by atoms with Crippen LogP contribution in [0.25, 0.3) is 10.9 Å². The Morgan fingerprint density at radius 1 is 0.950 bits per heavy atom. The topological polar surface area (TPSA) is 27.8 Å². The van der Waals surface area contributed by atoms with Crippen molar-refractivity contribution in [2.75, 3.05) is 5.32 Å². The van der Waals surface area contributed by atoms with Gasteiger partial charge in [-0.2, -0.15) is 0 Å². The van der Waals surface area contributed by atoms with E-state index >= 15 is 0 Å². The summed E-state index contributed by atoms with van der Waals surface area (Å²) in [4.78, 5) is 3.24. The molecule has 0 aliphatic carbocycles. The number of rotatable bonds is 3. The first-order chi connectivity index (χ1) is 9.65. The summed E-state index contributed by atoms with van der Waals surface area (Å²) in [6, 6.07) is 11.6. The molecule has 0 atom stereocenters. The van der Waals surface area contributed by atoms with Gasteiger partial charge in [-0.05, 0) is 29.1 Å². The van der Waals surface area contributed by atoms with Gasteiger partial charge in [0, 0.05) is 12.7 Å². The summed E-state index contributed by atoms with van der Waals surface area (Å²) in [5.74, 6) is 0. The number of hydrogen-bond acceptors (Lipinski definition) is 1. The maximum Gasteiger partial charge on any atom is 0.0653 e. The standard InChI is InChI=1S/C15H11Cl3N2/c16-11-6-13(18)14(7-12(11)17)20-8-10-3-1-2-9-4-5-19-15(9)10/h1-7,19-20H,8H2. The van der Waals surface area contributed by atoms with E-state index in [1.165, 1.54) is 5.39 Å². The quantitative estimate of drug-likeness (QED) is 0.590. The molecule has 1 aromatic heterocycles. The maximum absolute atomic E-state index is 6.15. The molecule has 0 fully saturated rings. The van der Waals surface area contributed by atoms with Gasteiger partial charge in [-0.15, -0.1) is 0 Å². The molecule has 5 heteroatoms. The van der Waals surface area contributed by atoms with Gasteiger partial charge in [0.1, 0.15) is 0 Å². The number of fused-ring (bicyclic) bond motifs is 1. The second kappa shape index (κ2) is 5.57. The fraction of sp³-hybridized carbons (Fsp3) is 0.0667. The average Bonchev–Trinajstić information content (AvgIpc) is 2.90. The molecule has 2 N–H and O–H groups in total. The number of halogens is 3. The molecule has 3 aromatic rings. The van der Waals surface area contributed by atoms with Gasteiger partial charge in [0.05, 0.1) is 26.3 Å². The molecule has 2 nitrogen and oxygen atoms in total. The van der Waals surface area contributed by atoms with E-state index in [2.05, 4.69) is 22.4 Å². The van der Waals surface area contributed by atoms with E-state index in [-0.39, 0.29) is 0 Å². The van der Waals surface area contributed by atoms with Crippen LogP contribution in [0, 0.1) is 0 Å². The van der Waals surface area contributed by atoms with Crippen molar-refractivity contribution in [1.82, 2.24) is 4.98 Å². The third kappa shape index (κ3) is 2.59. The summed E-state index contributed by atoms with van der Waals surface area (Å²) in [5.41, 5.74) is 3.05. The van der Waals surface area contributed by atoms with Crippen LogP contribution >= 0.6 is 34.8 Å². The zero-order chi connectivity index (χ0) is 14.1. The van der Waals surface area contributed by atoms with Gasteiger partial charge in [-0.3, -0.25) is 0 Å². The highest BCUT2D eigenvalue weighted by Crippen LogP contribution is 2.32. The lowest BCUT2D eigenvalue weighted by Crippen LogP contribution is -2.00. The molecule has 102 valence electrons. The average molecular weight is 326 g/mol. The Morgan fingerprint density at radius 2 is 1.75 bits per heavy atom. The van der Waals surface area contributed by atoms with Crippen LogP contribution < -0.4 is 5.32 Å². The summed E-state index contributed by atoms with van der Waals surface area (Å²) in [7, 11) is 0. The van der Waals surface area contributed by atoms with E-state index in [4.69, 9.17) is 34.8 Å². The predicted octanol–water partition coefficient (Wildman–Crippen LogP) is 5.74. The first-order valence-electron chi connectivity index (χ1n) is 6.08. The second-order valence-electron chi connectivity index (χ2n) is 4.46. The molecule has 0 saturated carbocycles. The summed E-state index contributed by atoms with van der Waals surface area (Å²) in [5, 5.41) is 5.96. The number of para-hydroxylation sites is 1. The normalized spacial score (nSPS) is 10.9. The van der Waals surface area contributed by atoms with Crippen LogP contribution in [-0.4, -0.2) is 4.98 Å². The Balaban J connectivity index is 1.86. The molecule has 0 amide bonds. The van der Waals surface area contributed by atoms with Crippen molar-refractivity contribution in [2.24, 2.45) is 0 Å². The first kappa shape index (κ1) is 13.6. The van der Waals surface area contributed by atoms with Crippen molar-refractivity contribution in [3.63, 3.8) is 0 Å². The highest BCUT2D eigenvalue weighted by Gasteiger charge is 2.07. The Kier molecular flexibility index (Phi) is 3.79. The largest absolute Gasteiger partial charge is 0.380 e. The van der Waals surface area contributed by atoms with Crippen molar-refractivity contribution >= 4 is 51.4 Å². The minimum atomic E-state index is 0.452. The summed E-state index contributed by atoms with van der Waals surface area (Å²) in [6.45, 7) is 0.648. The van der Waals surface area contributed by atoms with Crippen molar-refractivity contribution in [3.8, 4) is 0 Å². The molecule has 0 bridgehead atoms. The molecule has 0 spiro atoms. The number of aromatic amines is 1. The minimum Gasteiger partial charge on any atom is -0.380 e. The fourth-order valence-corrected chi connectivity index (χ4v) is 2.76. The lowest BCUT2D eigenvalue weighted by Gasteiger charge is -2.10. The molecule has 20 heavy (non-hydrogen) atoms. The van der Waals surface area contributed by atoms with Gasteiger partial charge in [-0.25, -0.2) is 0 Å². The number of anilines is 1. The molecule has 0 saturated heterocycles. The van der Waals surface area contributed by atoms with Crippen LogP contribution in [0.4, 0.5) is 5.69 Å². The number of H-pyrrole nitrogens is 1. The number of aromatic nitrogens is 1. The SMILES string of the molecule is Clc1cc(Cl)c(NCc2cccc3cc[nH]c23)cc1Cl. The Labute approximate surface area is 131 Å². The Morgan fingerprint density at radius 3 is 2.60 bits per heavy atom. The molecular formula is C15H11Cl3N2. The molecular weight excluding hydrogens is 315 g/mol. The summed E-state index contributed by atoms with van der Waals surface area (Å²) in [6.07, 6.45) is 1.93. The zero-order valence-electron chi connectivity index (χ0n) is 10.4. The molecule has 3 rings (SSSR count). The first-order valence-corrected chi connectivity index (χ1v) is 7.22. The highest BCUT2D eigenvalue weighted by molar-refractivity contribution is 6.44. The molecule has 2 aromatic carbocycles. The van der Waals surface area contributed by atoms with Crippen LogP contribution in [0.3, 0.4) is 0 Å². The number of benzene rings is 2. The van der Waals surface area contributed by atoms with Crippen LogP contribution in [0.5, 0.6) is 0 Å². The van der Waals surface area contributed by atoms with Gasteiger partial charge in [-0.1, -0.05) is 53.0 Å². The highest BCUT2D eigenvalue weighted by atomic mass is 35.5. The van der Waals surface area contributed by atoms with E-state index in [1.807, 2.05) is 18.3 Å². The summed E-state index contributed by atoms with van der Waals surface area (Å²) >= 11 is 18.1. The molecule has 0 aliphatic rings. The van der Waals surface area contributed by atoms with Gasteiger partial charge in [0.25, 0.3) is 0 Å². The summed E-state index contributed by atoms with van der Waals surface area (Å²) < 4.78 is 0. The number of hydrogen-bond donors (Lipinski definition) is 2. The third-order valence-electron chi connectivity index (χ3n) is 3.15. The fourth-order valence-electron chi connectivity index (χ4n) is 2.15. The lowest BCUT2D eigenvalue weighted by atomic mass is 10.1. The molecule has 0 radical (unpaired) electrons. The van der Waals surface area contributed by atoms with Gasteiger partial charge >= 0.3 is 0 Å².